The third-order valence-corrected chi connectivity index (χ3v) is 6.09. The first kappa shape index (κ1) is 13.8. The molecular weight excluding hydrogens is 284 g/mol. The molecule has 2 fully saturated rings. The molecule has 23 heavy (non-hydrogen) atoms. The van der Waals surface area contributed by atoms with Crippen LogP contribution in [-0.4, -0.2) is 34.7 Å². The normalized spacial score (nSPS) is 33.6. The van der Waals surface area contributed by atoms with E-state index in [4.69, 9.17) is 0 Å². The Hall–Kier alpha value is -1.65. The molecule has 3 heterocycles. The molecular formula is C19H23N4. The number of aromatic nitrogens is 2. The Morgan fingerprint density at radius 2 is 1.87 bits per heavy atom. The predicted molar refractivity (Wildman–Crippen MR) is 88.8 cm³/mol. The summed E-state index contributed by atoms with van der Waals surface area (Å²) in [5.74, 6) is 2.46. The van der Waals surface area contributed by atoms with Crippen molar-refractivity contribution in [2.24, 2.45) is 11.8 Å². The topological polar surface area (TPSA) is 44.0 Å². The summed E-state index contributed by atoms with van der Waals surface area (Å²) in [6.45, 7) is 3.46. The van der Waals surface area contributed by atoms with Gasteiger partial charge in [0.05, 0.1) is 6.17 Å². The van der Waals surface area contributed by atoms with Gasteiger partial charge in [0.2, 0.25) is 0 Å². The minimum atomic E-state index is 0.318. The number of fused-ring (bicyclic) bond motifs is 2. The average Bonchev–Trinajstić information content (AvgIpc) is 3.29. The molecule has 2 N–H and O–H groups in total. The summed E-state index contributed by atoms with van der Waals surface area (Å²) in [6, 6.07) is 11.1. The summed E-state index contributed by atoms with van der Waals surface area (Å²) in [7, 11) is 0. The van der Waals surface area contributed by atoms with Gasteiger partial charge < -0.3 is 0 Å². The Bertz CT molecular complexity index is 666. The molecule has 119 valence electrons. The van der Waals surface area contributed by atoms with Crippen LogP contribution in [0.2, 0.25) is 0 Å². The second kappa shape index (κ2) is 5.46. The molecule has 1 saturated heterocycles. The highest BCUT2D eigenvalue weighted by molar-refractivity contribution is 5.24. The largest absolute Gasteiger partial charge is 0.297 e. The third kappa shape index (κ3) is 2.32. The fourth-order valence-electron chi connectivity index (χ4n) is 4.99. The molecule has 1 aromatic carbocycles. The molecule has 2 aromatic rings. The maximum Gasteiger partial charge on any atom is 0.119 e. The highest BCUT2D eigenvalue weighted by atomic mass is 15.3. The van der Waals surface area contributed by atoms with Gasteiger partial charge in [0.1, 0.15) is 6.20 Å². The molecule has 0 bridgehead atoms. The van der Waals surface area contributed by atoms with Gasteiger partial charge in [0.25, 0.3) is 0 Å². The Labute approximate surface area is 137 Å². The van der Waals surface area contributed by atoms with Crippen LogP contribution in [-0.2, 0) is 6.42 Å². The zero-order chi connectivity index (χ0) is 15.2. The molecule has 5 rings (SSSR count). The van der Waals surface area contributed by atoms with Crippen LogP contribution in [0.15, 0.2) is 30.3 Å². The van der Waals surface area contributed by atoms with Crippen LogP contribution in [0.25, 0.3) is 0 Å². The third-order valence-electron chi connectivity index (χ3n) is 6.09. The fourth-order valence-corrected chi connectivity index (χ4v) is 4.99. The van der Waals surface area contributed by atoms with Crippen molar-refractivity contribution < 1.29 is 0 Å². The predicted octanol–water partition coefficient (Wildman–Crippen LogP) is 2.48. The van der Waals surface area contributed by atoms with Gasteiger partial charge in [-0.3, -0.25) is 15.3 Å². The number of nitrogens with one attached hydrogen (secondary N) is 2. The molecule has 3 atom stereocenters. The molecule has 1 aromatic heterocycles. The van der Waals surface area contributed by atoms with Crippen molar-refractivity contribution in [3.63, 3.8) is 0 Å². The molecule has 0 amide bonds. The van der Waals surface area contributed by atoms with E-state index in [2.05, 4.69) is 56.9 Å². The van der Waals surface area contributed by atoms with E-state index in [1.54, 1.807) is 0 Å². The summed E-state index contributed by atoms with van der Waals surface area (Å²) in [5, 5.41) is 10.9. The molecule has 1 radical (unpaired) electrons. The zero-order valence-electron chi connectivity index (χ0n) is 13.3. The summed E-state index contributed by atoms with van der Waals surface area (Å²) in [4.78, 5) is 2.63. The lowest BCUT2D eigenvalue weighted by molar-refractivity contribution is 0.182. The maximum atomic E-state index is 4.13. The molecule has 3 unspecified atom stereocenters. The van der Waals surface area contributed by atoms with Crippen molar-refractivity contribution in [1.29, 1.82) is 0 Å². The number of benzene rings is 1. The Morgan fingerprint density at radius 1 is 1.09 bits per heavy atom. The fraction of sp³-hybridized carbons (Fsp3) is 0.526. The SMILES string of the molecule is [c]1n[nH]c2c1C(N1CC3CC(c4ccccc4)CC3C1)NCC2. The van der Waals surface area contributed by atoms with Crippen molar-refractivity contribution in [3.8, 4) is 0 Å². The van der Waals surface area contributed by atoms with Crippen LogP contribution in [0.1, 0.15) is 41.7 Å². The van der Waals surface area contributed by atoms with Crippen LogP contribution in [0.3, 0.4) is 0 Å². The van der Waals surface area contributed by atoms with Crippen molar-refractivity contribution in [2.45, 2.75) is 31.3 Å². The second-order valence-corrected chi connectivity index (χ2v) is 7.39. The number of hydrogen-bond donors (Lipinski definition) is 2. The van der Waals surface area contributed by atoms with Crippen LogP contribution in [0, 0.1) is 18.0 Å². The number of hydrogen-bond acceptors (Lipinski definition) is 3. The molecule has 2 aliphatic heterocycles. The molecule has 1 saturated carbocycles. The summed E-state index contributed by atoms with van der Waals surface area (Å²) >= 11 is 0. The number of aromatic amines is 1. The highest BCUT2D eigenvalue weighted by Crippen LogP contribution is 2.47. The Balaban J connectivity index is 1.30. The van der Waals surface area contributed by atoms with E-state index in [-0.39, 0.29) is 0 Å². The van der Waals surface area contributed by atoms with Crippen LogP contribution < -0.4 is 5.32 Å². The van der Waals surface area contributed by atoms with E-state index in [9.17, 15) is 0 Å². The smallest absolute Gasteiger partial charge is 0.119 e. The lowest BCUT2D eigenvalue weighted by Crippen LogP contribution is -2.41. The number of nitrogens with zero attached hydrogens (tertiary/aromatic N) is 2. The molecule has 1 aliphatic carbocycles. The van der Waals surface area contributed by atoms with Crippen molar-refractivity contribution in [3.05, 3.63) is 53.3 Å². The van der Waals surface area contributed by atoms with Crippen molar-refractivity contribution in [2.75, 3.05) is 19.6 Å². The molecule has 3 aliphatic rings. The van der Waals surface area contributed by atoms with Gasteiger partial charge in [0, 0.05) is 37.3 Å². The molecule has 0 spiro atoms. The van der Waals surface area contributed by atoms with Crippen LogP contribution in [0.5, 0.6) is 0 Å². The number of H-pyrrole nitrogens is 1. The standard InChI is InChI=1S/C19H23N4/c1-2-4-13(5-3-1)14-8-15-11-23(12-16(15)9-14)19-17-10-21-22-18(17)6-7-20-19/h1-5,14-16,19-20H,6-9,11-12H2,(H,21,22). The minimum Gasteiger partial charge on any atom is -0.297 e. The van der Waals surface area contributed by atoms with E-state index in [0.717, 1.165) is 30.7 Å². The van der Waals surface area contributed by atoms with Crippen molar-refractivity contribution in [1.82, 2.24) is 20.4 Å². The van der Waals surface area contributed by atoms with Gasteiger partial charge in [0.15, 0.2) is 0 Å². The summed E-state index contributed by atoms with van der Waals surface area (Å²) < 4.78 is 0. The summed E-state index contributed by atoms with van der Waals surface area (Å²) in [5.41, 5.74) is 4.05. The van der Waals surface area contributed by atoms with E-state index in [1.165, 1.54) is 42.8 Å². The van der Waals surface area contributed by atoms with Crippen molar-refractivity contribution >= 4 is 0 Å². The number of rotatable bonds is 2. The summed E-state index contributed by atoms with van der Waals surface area (Å²) in [6.07, 6.45) is 7.23. The van der Waals surface area contributed by atoms with Gasteiger partial charge in [-0.05, 0) is 36.2 Å². The van der Waals surface area contributed by atoms with Gasteiger partial charge in [-0.2, -0.15) is 5.10 Å². The van der Waals surface area contributed by atoms with Gasteiger partial charge in [-0.15, -0.1) is 0 Å². The van der Waals surface area contributed by atoms with Gasteiger partial charge in [-0.25, -0.2) is 0 Å². The molecule has 4 nitrogen and oxygen atoms in total. The van der Waals surface area contributed by atoms with Gasteiger partial charge >= 0.3 is 0 Å². The first-order valence-corrected chi connectivity index (χ1v) is 8.85. The van der Waals surface area contributed by atoms with E-state index < -0.39 is 0 Å². The Morgan fingerprint density at radius 3 is 2.65 bits per heavy atom. The second-order valence-electron chi connectivity index (χ2n) is 7.39. The first-order chi connectivity index (χ1) is 11.4. The van der Waals surface area contributed by atoms with Crippen LogP contribution >= 0.6 is 0 Å². The van der Waals surface area contributed by atoms with Gasteiger partial charge in [-0.1, -0.05) is 30.3 Å². The molecule has 4 heteroatoms. The Kier molecular flexibility index (Phi) is 3.27. The van der Waals surface area contributed by atoms with E-state index in [1.807, 2.05) is 0 Å². The van der Waals surface area contributed by atoms with E-state index >= 15 is 0 Å². The van der Waals surface area contributed by atoms with E-state index in [0.29, 0.717) is 6.17 Å². The maximum absolute atomic E-state index is 4.13. The highest BCUT2D eigenvalue weighted by Gasteiger charge is 2.44. The zero-order valence-corrected chi connectivity index (χ0v) is 13.3. The lowest BCUT2D eigenvalue weighted by Gasteiger charge is -2.32. The average molecular weight is 307 g/mol. The monoisotopic (exact) mass is 307 g/mol. The number of likely N-dealkylation sites (tertiary alicyclic amines) is 1. The lowest BCUT2D eigenvalue weighted by atomic mass is 9.96. The minimum absolute atomic E-state index is 0.318. The van der Waals surface area contributed by atoms with Crippen LogP contribution in [0.4, 0.5) is 0 Å². The quantitative estimate of drug-likeness (QED) is 0.896. The first-order valence-electron chi connectivity index (χ1n) is 8.85.